The van der Waals surface area contributed by atoms with Crippen molar-refractivity contribution in [2.24, 2.45) is 5.73 Å². The van der Waals surface area contributed by atoms with Crippen molar-refractivity contribution in [2.75, 3.05) is 13.1 Å². The van der Waals surface area contributed by atoms with Crippen molar-refractivity contribution in [3.8, 4) is 0 Å². The molecule has 2 N–H and O–H groups in total. The summed E-state index contributed by atoms with van der Waals surface area (Å²) in [5.74, 6) is 0.0341. The lowest BCUT2D eigenvalue weighted by Crippen LogP contribution is -2.51. The van der Waals surface area contributed by atoms with Crippen LogP contribution in [0.25, 0.3) is 0 Å². The molecule has 1 amide bonds. The minimum Gasteiger partial charge on any atom is -0.341 e. The maximum absolute atomic E-state index is 11.6. The number of nitrogens with zero attached hydrogens (tertiary/aromatic N) is 1. The van der Waals surface area contributed by atoms with Gasteiger partial charge in [0.05, 0.1) is 5.54 Å². The molecule has 0 unspecified atom stereocenters. The summed E-state index contributed by atoms with van der Waals surface area (Å²) in [5, 5.41) is 0. The van der Waals surface area contributed by atoms with E-state index in [2.05, 4.69) is 6.92 Å². The number of hydrogen-bond donors (Lipinski definition) is 1. The highest BCUT2D eigenvalue weighted by molar-refractivity contribution is 5.85. The molecule has 0 spiro atoms. The van der Waals surface area contributed by atoms with Crippen LogP contribution < -0.4 is 5.73 Å². The molecule has 3 heteroatoms. The molecule has 0 atom stereocenters. The molecule has 0 fully saturated rings. The Morgan fingerprint density at radius 2 is 1.92 bits per heavy atom. The lowest BCUT2D eigenvalue weighted by Gasteiger charge is -2.27. The molecule has 0 bridgehead atoms. The van der Waals surface area contributed by atoms with Gasteiger partial charge < -0.3 is 10.6 Å². The highest BCUT2D eigenvalue weighted by atomic mass is 16.2. The Bertz CT molecular complexity index is 149. The van der Waals surface area contributed by atoms with Crippen molar-refractivity contribution in [2.45, 2.75) is 39.7 Å². The molecule has 0 heterocycles. The highest BCUT2D eigenvalue weighted by Gasteiger charge is 2.25. The molecule has 72 valence electrons. The van der Waals surface area contributed by atoms with Crippen LogP contribution in [0.3, 0.4) is 0 Å². The standard InChI is InChI=1S/C9H20N2O/c1-5-7-11(6-2)8(12)9(3,4)10/h5-7,10H2,1-4H3. The Balaban J connectivity index is 4.22. The fourth-order valence-corrected chi connectivity index (χ4v) is 1.08. The summed E-state index contributed by atoms with van der Waals surface area (Å²) in [6, 6.07) is 0. The van der Waals surface area contributed by atoms with E-state index < -0.39 is 5.54 Å². The largest absolute Gasteiger partial charge is 0.341 e. The van der Waals surface area contributed by atoms with Crippen molar-refractivity contribution in [3.05, 3.63) is 0 Å². The van der Waals surface area contributed by atoms with Gasteiger partial charge in [0.1, 0.15) is 0 Å². The van der Waals surface area contributed by atoms with E-state index >= 15 is 0 Å². The van der Waals surface area contributed by atoms with Gasteiger partial charge in [0.15, 0.2) is 0 Å². The van der Waals surface area contributed by atoms with Gasteiger partial charge in [-0.15, -0.1) is 0 Å². The quantitative estimate of drug-likeness (QED) is 0.687. The molecular weight excluding hydrogens is 152 g/mol. The predicted octanol–water partition coefficient (Wildman–Crippen LogP) is 0.982. The summed E-state index contributed by atoms with van der Waals surface area (Å²) < 4.78 is 0. The summed E-state index contributed by atoms with van der Waals surface area (Å²) in [6.45, 7) is 9.06. The molecule has 0 aliphatic heterocycles. The van der Waals surface area contributed by atoms with Gasteiger partial charge >= 0.3 is 0 Å². The van der Waals surface area contributed by atoms with Gasteiger partial charge in [-0.3, -0.25) is 4.79 Å². The van der Waals surface area contributed by atoms with Crippen LogP contribution in [0.4, 0.5) is 0 Å². The van der Waals surface area contributed by atoms with E-state index in [4.69, 9.17) is 5.73 Å². The average Bonchev–Trinajstić information content (AvgIpc) is 1.97. The normalized spacial score (nSPS) is 11.4. The Hall–Kier alpha value is -0.570. The van der Waals surface area contributed by atoms with Crippen LogP contribution in [-0.4, -0.2) is 29.4 Å². The fraction of sp³-hybridized carbons (Fsp3) is 0.889. The zero-order chi connectivity index (χ0) is 9.78. The first-order chi connectivity index (χ1) is 5.43. The van der Waals surface area contributed by atoms with E-state index in [0.29, 0.717) is 0 Å². The number of carbonyl (C=O) groups is 1. The monoisotopic (exact) mass is 172 g/mol. The van der Waals surface area contributed by atoms with Crippen LogP contribution in [-0.2, 0) is 4.79 Å². The fourth-order valence-electron chi connectivity index (χ4n) is 1.08. The average molecular weight is 172 g/mol. The van der Waals surface area contributed by atoms with Crippen molar-refractivity contribution in [3.63, 3.8) is 0 Å². The second-order valence-corrected chi connectivity index (χ2v) is 3.61. The van der Waals surface area contributed by atoms with Gasteiger partial charge in [-0.1, -0.05) is 6.92 Å². The number of rotatable bonds is 4. The van der Waals surface area contributed by atoms with Gasteiger partial charge in [0, 0.05) is 13.1 Å². The molecule has 0 saturated carbocycles. The number of amides is 1. The van der Waals surface area contributed by atoms with Crippen LogP contribution in [0.2, 0.25) is 0 Å². The van der Waals surface area contributed by atoms with Gasteiger partial charge in [-0.25, -0.2) is 0 Å². The van der Waals surface area contributed by atoms with Crippen molar-refractivity contribution >= 4 is 5.91 Å². The first-order valence-corrected chi connectivity index (χ1v) is 4.51. The van der Waals surface area contributed by atoms with Gasteiger partial charge in [0.2, 0.25) is 5.91 Å². The van der Waals surface area contributed by atoms with Crippen molar-refractivity contribution in [1.82, 2.24) is 4.90 Å². The zero-order valence-corrected chi connectivity index (χ0v) is 8.55. The SMILES string of the molecule is CCCN(CC)C(=O)C(C)(C)N. The van der Waals surface area contributed by atoms with Gasteiger partial charge in [-0.2, -0.15) is 0 Å². The molecular formula is C9H20N2O. The Labute approximate surface area is 74.9 Å². The third kappa shape index (κ3) is 3.22. The topological polar surface area (TPSA) is 46.3 Å². The van der Waals surface area contributed by atoms with E-state index in [9.17, 15) is 4.79 Å². The van der Waals surface area contributed by atoms with E-state index in [0.717, 1.165) is 19.5 Å². The number of hydrogen-bond acceptors (Lipinski definition) is 2. The second kappa shape index (κ2) is 4.45. The van der Waals surface area contributed by atoms with E-state index in [1.54, 1.807) is 18.7 Å². The highest BCUT2D eigenvalue weighted by Crippen LogP contribution is 2.04. The lowest BCUT2D eigenvalue weighted by atomic mass is 10.1. The number of likely N-dealkylation sites (N-methyl/N-ethyl adjacent to an activating group) is 1. The minimum atomic E-state index is -0.731. The molecule has 0 radical (unpaired) electrons. The zero-order valence-electron chi connectivity index (χ0n) is 8.55. The maximum Gasteiger partial charge on any atom is 0.242 e. The second-order valence-electron chi connectivity index (χ2n) is 3.61. The molecule has 0 aromatic carbocycles. The molecule has 0 rings (SSSR count). The number of nitrogens with two attached hydrogens (primary N) is 1. The van der Waals surface area contributed by atoms with Crippen molar-refractivity contribution < 1.29 is 4.79 Å². The van der Waals surface area contributed by atoms with Crippen molar-refractivity contribution in [1.29, 1.82) is 0 Å². The molecule has 0 aromatic rings. The van der Waals surface area contributed by atoms with E-state index in [1.165, 1.54) is 0 Å². The maximum atomic E-state index is 11.6. The van der Waals surface area contributed by atoms with Crippen LogP contribution in [0, 0.1) is 0 Å². The molecule has 0 aromatic heterocycles. The molecule has 3 nitrogen and oxygen atoms in total. The smallest absolute Gasteiger partial charge is 0.242 e. The van der Waals surface area contributed by atoms with Crippen LogP contribution >= 0.6 is 0 Å². The molecule has 0 aliphatic carbocycles. The van der Waals surface area contributed by atoms with Gasteiger partial charge in [-0.05, 0) is 27.2 Å². The van der Waals surface area contributed by atoms with Crippen LogP contribution in [0.15, 0.2) is 0 Å². The third-order valence-electron chi connectivity index (χ3n) is 1.71. The predicted molar refractivity (Wildman–Crippen MR) is 50.8 cm³/mol. The van der Waals surface area contributed by atoms with E-state index in [-0.39, 0.29) is 5.91 Å². The summed E-state index contributed by atoms with van der Waals surface area (Å²) in [7, 11) is 0. The first-order valence-electron chi connectivity index (χ1n) is 4.51. The van der Waals surface area contributed by atoms with Gasteiger partial charge in [0.25, 0.3) is 0 Å². The Kier molecular flexibility index (Phi) is 4.24. The summed E-state index contributed by atoms with van der Waals surface area (Å²) in [4.78, 5) is 13.4. The summed E-state index contributed by atoms with van der Waals surface area (Å²) in [6.07, 6.45) is 0.982. The van der Waals surface area contributed by atoms with Crippen LogP contribution in [0.5, 0.6) is 0 Å². The Morgan fingerprint density at radius 1 is 1.42 bits per heavy atom. The molecule has 0 aliphatic rings. The first kappa shape index (κ1) is 11.4. The Morgan fingerprint density at radius 3 is 2.17 bits per heavy atom. The summed E-state index contributed by atoms with van der Waals surface area (Å²) >= 11 is 0. The van der Waals surface area contributed by atoms with E-state index in [1.807, 2.05) is 6.92 Å². The minimum absolute atomic E-state index is 0.0341. The van der Waals surface area contributed by atoms with Crippen LogP contribution in [0.1, 0.15) is 34.1 Å². The summed E-state index contributed by atoms with van der Waals surface area (Å²) in [5.41, 5.74) is 4.96. The third-order valence-corrected chi connectivity index (χ3v) is 1.71. The lowest BCUT2D eigenvalue weighted by molar-refractivity contribution is -0.135. The molecule has 0 saturated heterocycles. The number of carbonyl (C=O) groups excluding carboxylic acids is 1. The molecule has 12 heavy (non-hydrogen) atoms.